The molecule has 2 nitrogen and oxygen atoms in total. The molecular formula is C15H24O2S3. The van der Waals surface area contributed by atoms with E-state index in [4.69, 9.17) is 4.74 Å². The number of Topliss-reactive ketones (excluding diaryl/α,β-unsaturated/α-hetero) is 1. The van der Waals surface area contributed by atoms with Crippen LogP contribution in [0, 0.1) is 5.92 Å². The third-order valence-electron chi connectivity index (χ3n) is 4.77. The molecule has 0 amide bonds. The summed E-state index contributed by atoms with van der Waals surface area (Å²) < 4.78 is 6.12. The molecule has 0 aliphatic carbocycles. The van der Waals surface area contributed by atoms with Crippen LogP contribution in [0.2, 0.25) is 0 Å². The summed E-state index contributed by atoms with van der Waals surface area (Å²) in [6.45, 7) is 3.02. The van der Waals surface area contributed by atoms with Gasteiger partial charge in [0.2, 0.25) is 0 Å². The van der Waals surface area contributed by atoms with Crippen molar-refractivity contribution in [2.45, 2.75) is 48.7 Å². The van der Waals surface area contributed by atoms with Crippen molar-refractivity contribution in [2.24, 2.45) is 5.92 Å². The number of hydrogen-bond acceptors (Lipinski definition) is 5. The van der Waals surface area contributed by atoms with E-state index in [9.17, 15) is 4.79 Å². The molecule has 5 heteroatoms. The number of rotatable bonds is 2. The molecule has 3 saturated heterocycles. The average Bonchev–Trinajstić information content (AvgIpc) is 2.48. The second-order valence-electron chi connectivity index (χ2n) is 6.10. The average molecular weight is 333 g/mol. The number of carbonyl (C=O) groups is 1. The van der Waals surface area contributed by atoms with Gasteiger partial charge in [-0.15, -0.1) is 11.8 Å². The summed E-state index contributed by atoms with van der Waals surface area (Å²) in [4.78, 5) is 12.9. The van der Waals surface area contributed by atoms with Gasteiger partial charge in [-0.25, -0.2) is 0 Å². The second-order valence-corrected chi connectivity index (χ2v) is 10.1. The van der Waals surface area contributed by atoms with Gasteiger partial charge >= 0.3 is 0 Å². The molecule has 0 N–H and O–H groups in total. The fourth-order valence-electron chi connectivity index (χ4n) is 3.54. The predicted octanol–water partition coefficient (Wildman–Crippen LogP) is 3.49. The first-order valence-electron chi connectivity index (χ1n) is 7.69. The van der Waals surface area contributed by atoms with Crippen LogP contribution >= 0.6 is 35.3 Å². The molecule has 0 radical (unpaired) electrons. The predicted molar refractivity (Wildman–Crippen MR) is 91.1 cm³/mol. The van der Waals surface area contributed by atoms with Crippen LogP contribution in [-0.2, 0) is 9.53 Å². The van der Waals surface area contributed by atoms with Crippen molar-refractivity contribution in [3.8, 4) is 0 Å². The topological polar surface area (TPSA) is 26.3 Å². The van der Waals surface area contributed by atoms with Crippen LogP contribution in [0.3, 0.4) is 0 Å². The summed E-state index contributed by atoms with van der Waals surface area (Å²) in [5.74, 6) is 5.51. The summed E-state index contributed by atoms with van der Waals surface area (Å²) >= 11 is 5.89. The van der Waals surface area contributed by atoms with Gasteiger partial charge in [0.05, 0.1) is 10.9 Å². The van der Waals surface area contributed by atoms with Gasteiger partial charge in [0.1, 0.15) is 5.78 Å². The van der Waals surface area contributed by atoms with Gasteiger partial charge in [0.15, 0.2) is 0 Å². The molecule has 1 spiro atoms. The third-order valence-corrected chi connectivity index (χ3v) is 8.86. The molecule has 3 atom stereocenters. The summed E-state index contributed by atoms with van der Waals surface area (Å²) in [7, 11) is 0. The lowest BCUT2D eigenvalue weighted by atomic mass is 9.79. The van der Waals surface area contributed by atoms with E-state index < -0.39 is 0 Å². The first-order valence-corrected chi connectivity index (χ1v) is 10.9. The minimum Gasteiger partial charge on any atom is -0.375 e. The number of thioether (sulfide) groups is 3. The normalized spacial score (nSPS) is 37.8. The largest absolute Gasteiger partial charge is 0.375 e. The standard InChI is InChI=1S/C15H24O2S3/c1-11-14(20-9-8-19-11)13(16)12-2-5-17-15(10-12)3-6-18-7-4-15/h11-12,14H,2-10H2,1H3. The Morgan fingerprint density at radius 3 is 2.65 bits per heavy atom. The quantitative estimate of drug-likeness (QED) is 0.771. The molecule has 0 aromatic rings. The van der Waals surface area contributed by atoms with Crippen LogP contribution in [0.15, 0.2) is 0 Å². The lowest BCUT2D eigenvalue weighted by Crippen LogP contribution is -2.47. The summed E-state index contributed by atoms with van der Waals surface area (Å²) in [5, 5.41) is 0.717. The monoisotopic (exact) mass is 332 g/mol. The fourth-order valence-corrected chi connectivity index (χ4v) is 7.58. The minimum absolute atomic E-state index is 0.0412. The Morgan fingerprint density at radius 2 is 1.90 bits per heavy atom. The zero-order valence-corrected chi connectivity index (χ0v) is 14.6. The van der Waals surface area contributed by atoms with Crippen LogP contribution in [0.4, 0.5) is 0 Å². The summed E-state index contributed by atoms with van der Waals surface area (Å²) in [5.41, 5.74) is 0.0412. The molecule has 3 heterocycles. The zero-order valence-electron chi connectivity index (χ0n) is 12.1. The molecule has 3 rings (SSSR count). The molecule has 0 bridgehead atoms. The number of ether oxygens (including phenoxy) is 1. The first-order chi connectivity index (χ1) is 9.70. The van der Waals surface area contributed by atoms with Crippen molar-refractivity contribution in [3.05, 3.63) is 0 Å². The van der Waals surface area contributed by atoms with Crippen molar-refractivity contribution in [3.63, 3.8) is 0 Å². The highest BCUT2D eigenvalue weighted by molar-refractivity contribution is 8.07. The lowest BCUT2D eigenvalue weighted by molar-refractivity contribution is -0.137. The zero-order chi connectivity index (χ0) is 14.0. The molecule has 3 fully saturated rings. The minimum atomic E-state index is 0.0412. The Labute approximate surface area is 134 Å². The van der Waals surface area contributed by atoms with E-state index in [2.05, 4.69) is 6.92 Å². The number of hydrogen-bond donors (Lipinski definition) is 0. The molecule has 3 unspecified atom stereocenters. The molecule has 20 heavy (non-hydrogen) atoms. The van der Waals surface area contributed by atoms with E-state index in [0.29, 0.717) is 11.0 Å². The smallest absolute Gasteiger partial charge is 0.150 e. The van der Waals surface area contributed by atoms with Gasteiger partial charge in [-0.3, -0.25) is 4.79 Å². The lowest BCUT2D eigenvalue weighted by Gasteiger charge is -2.44. The third kappa shape index (κ3) is 3.36. The van der Waals surface area contributed by atoms with Crippen LogP contribution in [-0.4, -0.2) is 51.5 Å². The van der Waals surface area contributed by atoms with Gasteiger partial charge < -0.3 is 4.74 Å². The second kappa shape index (κ2) is 6.84. The highest BCUT2D eigenvalue weighted by Crippen LogP contribution is 2.42. The van der Waals surface area contributed by atoms with E-state index in [0.717, 1.165) is 38.0 Å². The van der Waals surface area contributed by atoms with Gasteiger partial charge in [-0.05, 0) is 37.2 Å². The van der Waals surface area contributed by atoms with Crippen molar-refractivity contribution >= 4 is 41.1 Å². The van der Waals surface area contributed by atoms with E-state index >= 15 is 0 Å². The van der Waals surface area contributed by atoms with E-state index in [1.165, 1.54) is 17.3 Å². The Balaban J connectivity index is 1.65. The van der Waals surface area contributed by atoms with Gasteiger partial charge in [-0.2, -0.15) is 23.5 Å². The Kier molecular flexibility index (Phi) is 5.33. The molecule has 3 aliphatic rings. The first kappa shape index (κ1) is 15.6. The maximum absolute atomic E-state index is 12.9. The molecule has 0 aromatic heterocycles. The molecule has 3 aliphatic heterocycles. The van der Waals surface area contributed by atoms with E-state index in [1.54, 1.807) is 0 Å². The van der Waals surface area contributed by atoms with Crippen molar-refractivity contribution in [1.82, 2.24) is 0 Å². The highest BCUT2D eigenvalue weighted by atomic mass is 32.2. The summed E-state index contributed by atoms with van der Waals surface area (Å²) in [6.07, 6.45) is 4.22. The van der Waals surface area contributed by atoms with Crippen molar-refractivity contribution < 1.29 is 9.53 Å². The van der Waals surface area contributed by atoms with Crippen molar-refractivity contribution in [1.29, 1.82) is 0 Å². The Morgan fingerprint density at radius 1 is 1.15 bits per heavy atom. The van der Waals surface area contributed by atoms with Gasteiger partial charge in [0.25, 0.3) is 0 Å². The molecule has 0 saturated carbocycles. The Bertz CT molecular complexity index is 350. The molecular weight excluding hydrogens is 308 g/mol. The van der Waals surface area contributed by atoms with Gasteiger partial charge in [-0.1, -0.05) is 6.92 Å². The number of ketones is 1. The summed E-state index contributed by atoms with van der Waals surface area (Å²) in [6, 6.07) is 0. The van der Waals surface area contributed by atoms with Crippen LogP contribution in [0.1, 0.15) is 32.6 Å². The van der Waals surface area contributed by atoms with Gasteiger partial charge in [0, 0.05) is 29.3 Å². The SMILES string of the molecule is CC1SCCSC1C(=O)C1CCOC2(CCSCC2)C1. The maximum atomic E-state index is 12.9. The van der Waals surface area contributed by atoms with Crippen LogP contribution < -0.4 is 0 Å². The fraction of sp³-hybridized carbons (Fsp3) is 0.933. The molecule has 0 aromatic carbocycles. The highest BCUT2D eigenvalue weighted by Gasteiger charge is 2.43. The van der Waals surface area contributed by atoms with E-state index in [1.807, 2.05) is 35.3 Å². The maximum Gasteiger partial charge on any atom is 0.150 e. The molecule has 114 valence electrons. The van der Waals surface area contributed by atoms with E-state index in [-0.39, 0.29) is 16.8 Å². The van der Waals surface area contributed by atoms with Crippen LogP contribution in [0.5, 0.6) is 0 Å². The van der Waals surface area contributed by atoms with Crippen molar-refractivity contribution in [2.75, 3.05) is 29.6 Å². The van der Waals surface area contributed by atoms with Crippen LogP contribution in [0.25, 0.3) is 0 Å². The Hall–Kier alpha value is 0.680. The number of carbonyl (C=O) groups excluding carboxylic acids is 1.